The average Bonchev–Trinajstić information content (AvgIpc) is 3.03. The van der Waals surface area contributed by atoms with Gasteiger partial charge in [0.1, 0.15) is 35.0 Å². The van der Waals surface area contributed by atoms with E-state index in [0.29, 0.717) is 40.4 Å². The van der Waals surface area contributed by atoms with Gasteiger partial charge in [0.25, 0.3) is 5.88 Å². The quantitative estimate of drug-likeness (QED) is 0.593. The molecule has 1 aliphatic carbocycles. The molecule has 0 radical (unpaired) electrons. The summed E-state index contributed by atoms with van der Waals surface area (Å²) in [5.74, 6) is 0.379. The molecule has 8 nitrogen and oxygen atoms in total. The summed E-state index contributed by atoms with van der Waals surface area (Å²) < 4.78 is 28.1. The maximum Gasteiger partial charge on any atom is 0.258 e. The van der Waals surface area contributed by atoms with Crippen molar-refractivity contribution in [1.29, 1.82) is 5.26 Å². The van der Waals surface area contributed by atoms with Gasteiger partial charge in [-0.2, -0.15) is 10.4 Å². The number of nitrogens with zero attached hydrogens (tertiary/aromatic N) is 5. The summed E-state index contributed by atoms with van der Waals surface area (Å²) in [6.07, 6.45) is 4.10. The number of hydrogen-bond donors (Lipinski definition) is 1. The molecule has 2 bridgehead atoms. The number of aromatic nitrogens is 4. The summed E-state index contributed by atoms with van der Waals surface area (Å²) >= 11 is 0. The summed E-state index contributed by atoms with van der Waals surface area (Å²) in [5, 5.41) is 14.4. The Morgan fingerprint density at radius 1 is 1.35 bits per heavy atom. The number of nitriles is 1. The number of nitrogen functional groups attached to an aromatic ring is 1. The van der Waals surface area contributed by atoms with Gasteiger partial charge < -0.3 is 15.2 Å². The maximum atomic E-state index is 14.1. The van der Waals surface area contributed by atoms with Crippen molar-refractivity contribution in [2.24, 2.45) is 7.05 Å². The lowest BCUT2D eigenvalue weighted by Gasteiger charge is -2.42. The van der Waals surface area contributed by atoms with Crippen LogP contribution in [0.3, 0.4) is 0 Å². The lowest BCUT2D eigenvalue weighted by Crippen LogP contribution is -2.45. The van der Waals surface area contributed by atoms with Crippen LogP contribution in [0.1, 0.15) is 49.2 Å². The van der Waals surface area contributed by atoms with Crippen LogP contribution in [0.15, 0.2) is 24.4 Å². The standard InChI is InChI=1S/C22H21FN6O2/c1-12-14-8-13(23)4-5-18(14)31-22(6-3-7-22)9-15-19(17(10-24)29(2)28-15)16-11-26-20(25)21(27-16)30-12/h4-5,8,11-12H,3,6-7,9H2,1-2H3,(H2,25,26). The molecule has 5 rings (SSSR count). The molecule has 1 spiro atoms. The van der Waals surface area contributed by atoms with Gasteiger partial charge in [0, 0.05) is 19.0 Å². The van der Waals surface area contributed by atoms with E-state index in [-0.39, 0.29) is 17.5 Å². The number of aryl methyl sites for hydroxylation is 1. The van der Waals surface area contributed by atoms with Crippen LogP contribution in [0.2, 0.25) is 0 Å². The van der Waals surface area contributed by atoms with Crippen molar-refractivity contribution in [2.75, 3.05) is 5.73 Å². The predicted octanol–water partition coefficient (Wildman–Crippen LogP) is 3.47. The Hall–Kier alpha value is -3.67. The number of nitrogens with two attached hydrogens (primary N) is 1. The third-order valence-corrected chi connectivity index (χ3v) is 6.03. The summed E-state index contributed by atoms with van der Waals surface area (Å²) in [5.41, 5.74) is 8.20. The Balaban J connectivity index is 1.75. The van der Waals surface area contributed by atoms with Crippen LogP contribution in [0.4, 0.5) is 10.2 Å². The van der Waals surface area contributed by atoms with Crippen molar-refractivity contribution in [2.45, 2.75) is 44.3 Å². The van der Waals surface area contributed by atoms with Crippen LogP contribution in [-0.2, 0) is 13.5 Å². The molecule has 0 saturated heterocycles. The number of hydrogen-bond acceptors (Lipinski definition) is 7. The van der Waals surface area contributed by atoms with E-state index in [4.69, 9.17) is 15.2 Å². The van der Waals surface area contributed by atoms with E-state index in [1.807, 2.05) is 0 Å². The van der Waals surface area contributed by atoms with E-state index in [0.717, 1.165) is 19.3 Å². The average molecular weight is 420 g/mol. The third-order valence-electron chi connectivity index (χ3n) is 6.03. The first-order valence-electron chi connectivity index (χ1n) is 10.1. The van der Waals surface area contributed by atoms with Gasteiger partial charge in [-0.15, -0.1) is 0 Å². The Labute approximate surface area is 178 Å². The van der Waals surface area contributed by atoms with Gasteiger partial charge in [-0.1, -0.05) is 0 Å². The van der Waals surface area contributed by atoms with Crippen molar-refractivity contribution in [3.63, 3.8) is 0 Å². The van der Waals surface area contributed by atoms with Crippen LogP contribution in [-0.4, -0.2) is 25.3 Å². The summed E-state index contributed by atoms with van der Waals surface area (Å²) in [7, 11) is 1.72. The second-order valence-corrected chi connectivity index (χ2v) is 8.11. The first-order valence-corrected chi connectivity index (χ1v) is 10.1. The minimum absolute atomic E-state index is 0.103. The summed E-state index contributed by atoms with van der Waals surface area (Å²) in [4.78, 5) is 8.79. The highest BCUT2D eigenvalue weighted by molar-refractivity contribution is 5.69. The Kier molecular flexibility index (Phi) is 4.32. The largest absolute Gasteiger partial charge is 0.486 e. The lowest BCUT2D eigenvalue weighted by atomic mass is 9.76. The zero-order chi connectivity index (χ0) is 21.8. The highest BCUT2D eigenvalue weighted by atomic mass is 19.1. The van der Waals surface area contributed by atoms with Crippen LogP contribution in [0.25, 0.3) is 11.3 Å². The molecule has 31 heavy (non-hydrogen) atoms. The van der Waals surface area contributed by atoms with E-state index < -0.39 is 11.7 Å². The lowest BCUT2D eigenvalue weighted by molar-refractivity contribution is -0.00966. The Bertz CT molecular complexity index is 1230. The predicted molar refractivity (Wildman–Crippen MR) is 110 cm³/mol. The molecule has 1 saturated carbocycles. The van der Waals surface area contributed by atoms with Crippen molar-refractivity contribution in [3.05, 3.63) is 47.2 Å². The molecular formula is C22H21FN6O2. The zero-order valence-corrected chi connectivity index (χ0v) is 17.2. The van der Waals surface area contributed by atoms with Gasteiger partial charge in [0.2, 0.25) is 0 Å². The topological polar surface area (TPSA) is 112 Å². The van der Waals surface area contributed by atoms with Crippen LogP contribution < -0.4 is 15.2 Å². The first-order chi connectivity index (χ1) is 14.9. The number of anilines is 1. The summed E-state index contributed by atoms with van der Waals surface area (Å²) in [6, 6.07) is 6.62. The second-order valence-electron chi connectivity index (χ2n) is 8.11. The van der Waals surface area contributed by atoms with E-state index in [2.05, 4.69) is 21.1 Å². The van der Waals surface area contributed by atoms with Gasteiger partial charge >= 0.3 is 0 Å². The Morgan fingerprint density at radius 2 is 2.16 bits per heavy atom. The molecule has 158 valence electrons. The van der Waals surface area contributed by atoms with Crippen LogP contribution in [0.5, 0.6) is 11.6 Å². The fourth-order valence-corrected chi connectivity index (χ4v) is 4.27. The van der Waals surface area contributed by atoms with Gasteiger partial charge in [-0.3, -0.25) is 4.68 Å². The highest BCUT2D eigenvalue weighted by Gasteiger charge is 2.42. The highest BCUT2D eigenvalue weighted by Crippen LogP contribution is 2.44. The second kappa shape index (κ2) is 6.94. The number of rotatable bonds is 0. The molecule has 1 atom stereocenters. The van der Waals surface area contributed by atoms with Gasteiger partial charge in [-0.05, 0) is 44.4 Å². The van der Waals surface area contributed by atoms with E-state index >= 15 is 0 Å². The fourth-order valence-electron chi connectivity index (χ4n) is 4.27. The van der Waals surface area contributed by atoms with Crippen LogP contribution >= 0.6 is 0 Å². The zero-order valence-electron chi connectivity index (χ0n) is 17.2. The minimum atomic E-state index is -0.585. The number of fused-ring (bicyclic) bond motifs is 5. The smallest absolute Gasteiger partial charge is 0.258 e. The van der Waals surface area contributed by atoms with Gasteiger partial charge in [-0.25, -0.2) is 14.4 Å². The normalized spacial score (nSPS) is 18.8. The molecule has 1 unspecified atom stereocenters. The molecule has 1 aromatic carbocycles. The molecule has 2 N–H and O–H groups in total. The Morgan fingerprint density at radius 3 is 2.87 bits per heavy atom. The minimum Gasteiger partial charge on any atom is -0.486 e. The molecule has 0 amide bonds. The molecule has 3 heterocycles. The van der Waals surface area contributed by atoms with Crippen LogP contribution in [0, 0.1) is 17.1 Å². The van der Waals surface area contributed by atoms with Gasteiger partial charge in [0.05, 0.1) is 23.1 Å². The molecule has 1 aliphatic heterocycles. The fraction of sp³-hybridized carbons (Fsp3) is 0.364. The monoisotopic (exact) mass is 420 g/mol. The van der Waals surface area contributed by atoms with Crippen molar-refractivity contribution >= 4 is 5.82 Å². The number of ether oxygens (including phenoxy) is 2. The molecule has 2 aliphatic rings. The SMILES string of the molecule is CC1Oc2nc(cnc2N)-c2c(nn(C)c2C#N)CC2(CCC2)Oc2ccc(F)cc21. The third kappa shape index (κ3) is 3.15. The number of halogens is 1. The van der Waals surface area contributed by atoms with Crippen molar-refractivity contribution < 1.29 is 13.9 Å². The number of benzene rings is 1. The summed E-state index contributed by atoms with van der Waals surface area (Å²) in [6.45, 7) is 1.78. The van der Waals surface area contributed by atoms with Gasteiger partial charge in [0.15, 0.2) is 5.82 Å². The molecular weight excluding hydrogens is 399 g/mol. The van der Waals surface area contributed by atoms with Crippen molar-refractivity contribution in [3.8, 4) is 29.0 Å². The van der Waals surface area contributed by atoms with E-state index in [9.17, 15) is 9.65 Å². The molecule has 2 aromatic heterocycles. The van der Waals surface area contributed by atoms with Crippen molar-refractivity contribution in [1.82, 2.24) is 19.7 Å². The molecule has 3 aromatic rings. The maximum absolute atomic E-state index is 14.1. The molecule has 1 fully saturated rings. The van der Waals surface area contributed by atoms with E-state index in [1.165, 1.54) is 18.3 Å². The first kappa shape index (κ1) is 19.3. The van der Waals surface area contributed by atoms with E-state index in [1.54, 1.807) is 24.7 Å². The molecule has 9 heteroatoms.